The van der Waals surface area contributed by atoms with E-state index in [4.69, 9.17) is 19.1 Å². The van der Waals surface area contributed by atoms with Gasteiger partial charge in [0.05, 0.1) is 48.6 Å². The van der Waals surface area contributed by atoms with Crippen LogP contribution in [-0.4, -0.2) is 68.8 Å². The zero-order valence-electron chi connectivity index (χ0n) is 20.9. The van der Waals surface area contributed by atoms with Crippen LogP contribution in [0.5, 0.6) is 11.8 Å². The van der Waals surface area contributed by atoms with Gasteiger partial charge in [-0.1, -0.05) is 19.1 Å². The molecule has 196 valence electrons. The van der Waals surface area contributed by atoms with Crippen molar-refractivity contribution in [3.63, 3.8) is 0 Å². The van der Waals surface area contributed by atoms with E-state index in [1.54, 1.807) is 31.2 Å². The van der Waals surface area contributed by atoms with Crippen molar-refractivity contribution < 1.29 is 43.7 Å². The Bertz CT molecular complexity index is 1060. The first kappa shape index (κ1) is 27.2. The lowest BCUT2D eigenvalue weighted by Gasteiger charge is -2.31. The molecule has 1 atom stereocenters. The van der Waals surface area contributed by atoms with Crippen molar-refractivity contribution in [1.82, 2.24) is 9.79 Å². The Kier molecular flexibility index (Phi) is 8.39. The molecular weight excluding hydrogens is 472 g/mol. The topological polar surface area (TPSA) is 137 Å². The number of carbonyl (C=O) groups excluding carboxylic acids is 3. The summed E-state index contributed by atoms with van der Waals surface area (Å²) < 4.78 is 12.5. The molecule has 0 radical (unpaired) electrons. The van der Waals surface area contributed by atoms with Crippen LogP contribution in [0.2, 0.25) is 0 Å². The molecule has 1 unspecified atom stereocenters. The number of hydroxylamine groups is 2. The summed E-state index contributed by atoms with van der Waals surface area (Å²) in [5.41, 5.74) is -0.819. The molecule has 2 amide bonds. The third kappa shape index (κ3) is 6.42. The fourth-order valence-electron chi connectivity index (χ4n) is 3.56. The van der Waals surface area contributed by atoms with Crippen LogP contribution in [0, 0.1) is 0 Å². The summed E-state index contributed by atoms with van der Waals surface area (Å²) in [6, 6.07) is 8.93. The summed E-state index contributed by atoms with van der Waals surface area (Å²) in [5.74, 6) is -2.47. The van der Waals surface area contributed by atoms with Gasteiger partial charge < -0.3 is 24.5 Å². The van der Waals surface area contributed by atoms with E-state index >= 15 is 0 Å². The minimum atomic E-state index is -0.833. The molecule has 0 spiro atoms. The molecule has 3 rings (SSSR count). The van der Waals surface area contributed by atoms with Crippen molar-refractivity contribution >= 4 is 17.8 Å². The zero-order chi connectivity index (χ0) is 26.5. The molecule has 0 fully saturated rings. The van der Waals surface area contributed by atoms with Gasteiger partial charge in [0, 0.05) is 12.1 Å². The first-order valence-corrected chi connectivity index (χ1v) is 11.7. The average molecular weight is 505 g/mol. The predicted molar refractivity (Wildman–Crippen MR) is 126 cm³/mol. The van der Waals surface area contributed by atoms with Gasteiger partial charge in [-0.05, 0) is 45.7 Å². The average Bonchev–Trinajstić information content (AvgIpc) is 3.27. The van der Waals surface area contributed by atoms with Crippen LogP contribution >= 0.6 is 0 Å². The lowest BCUT2D eigenvalue weighted by atomic mass is 9.98. The Morgan fingerprint density at radius 3 is 2.03 bits per heavy atom. The summed E-state index contributed by atoms with van der Waals surface area (Å²) in [6.07, 6.45) is 0.904. The maximum atomic E-state index is 12.3. The van der Waals surface area contributed by atoms with Crippen LogP contribution < -0.4 is 4.84 Å². The summed E-state index contributed by atoms with van der Waals surface area (Å²) in [6.45, 7) is 7.81. The Balaban J connectivity index is 1.40. The highest BCUT2D eigenvalue weighted by Gasteiger charge is 2.36. The Morgan fingerprint density at radius 1 is 0.889 bits per heavy atom. The molecular formula is C25H32N2O9. The van der Waals surface area contributed by atoms with Gasteiger partial charge in [0.2, 0.25) is 11.8 Å². The maximum Gasteiger partial charge on any atom is 0.336 e. The molecule has 0 bridgehead atoms. The van der Waals surface area contributed by atoms with E-state index in [0.29, 0.717) is 28.7 Å². The summed E-state index contributed by atoms with van der Waals surface area (Å²) >= 11 is 0. The number of carbonyl (C=O) groups is 3. The fraction of sp³-hybridized carbons (Fsp3) is 0.480. The predicted octanol–water partition coefficient (Wildman–Crippen LogP) is 2.84. The van der Waals surface area contributed by atoms with Gasteiger partial charge in [0.25, 0.3) is 11.8 Å². The molecule has 2 N–H and O–H groups in total. The first-order valence-electron chi connectivity index (χ1n) is 11.7. The number of nitrogens with zero attached hydrogens (tertiary/aromatic N) is 2. The standard InChI is InChI=1S/C25H32N2O9/c1-5-25(4,16-21(30)36-26-19(28)10-11-20(26)29)34-13-12-24(2,3)33-14-15-35-27-22(31)17-8-6-7-9-18(17)23(27)32/h6-11,28-29H,5,12-16H2,1-4H3. The van der Waals surface area contributed by atoms with Gasteiger partial charge >= 0.3 is 5.97 Å². The van der Waals surface area contributed by atoms with Gasteiger partial charge in [0.15, 0.2) is 0 Å². The number of aromatic nitrogens is 1. The SMILES string of the molecule is CCC(C)(CC(=O)On1c(O)ccc1O)OCCC(C)(C)OCCON1C(=O)c2ccccc2C1=O. The highest BCUT2D eigenvalue weighted by atomic mass is 16.7. The molecule has 11 heteroatoms. The van der Waals surface area contributed by atoms with E-state index in [0.717, 1.165) is 5.06 Å². The first-order chi connectivity index (χ1) is 17.0. The fourth-order valence-corrected chi connectivity index (χ4v) is 3.56. The van der Waals surface area contributed by atoms with Crippen molar-refractivity contribution in [2.24, 2.45) is 0 Å². The van der Waals surface area contributed by atoms with E-state index in [1.807, 2.05) is 20.8 Å². The molecule has 0 saturated heterocycles. The minimum Gasteiger partial charge on any atom is -0.492 e. The van der Waals surface area contributed by atoms with Gasteiger partial charge in [-0.2, -0.15) is 0 Å². The van der Waals surface area contributed by atoms with Crippen LogP contribution in [0.3, 0.4) is 0 Å². The number of hydrogen-bond donors (Lipinski definition) is 2. The van der Waals surface area contributed by atoms with E-state index in [-0.39, 0.29) is 26.2 Å². The second-order valence-corrected chi connectivity index (χ2v) is 9.28. The van der Waals surface area contributed by atoms with Crippen molar-refractivity contribution in [2.45, 2.75) is 58.2 Å². The van der Waals surface area contributed by atoms with E-state index in [2.05, 4.69) is 0 Å². The third-order valence-electron chi connectivity index (χ3n) is 5.96. The summed E-state index contributed by atoms with van der Waals surface area (Å²) in [7, 11) is 0. The Hall–Kier alpha value is -3.41. The maximum absolute atomic E-state index is 12.3. The number of ether oxygens (including phenoxy) is 2. The molecule has 11 nitrogen and oxygen atoms in total. The number of imide groups is 1. The Morgan fingerprint density at radius 2 is 1.47 bits per heavy atom. The van der Waals surface area contributed by atoms with Gasteiger partial charge in [0.1, 0.15) is 0 Å². The molecule has 36 heavy (non-hydrogen) atoms. The van der Waals surface area contributed by atoms with Crippen molar-refractivity contribution in [1.29, 1.82) is 0 Å². The smallest absolute Gasteiger partial charge is 0.336 e. The number of aromatic hydroxyl groups is 2. The molecule has 0 aliphatic carbocycles. The second kappa shape index (κ2) is 11.1. The molecule has 1 aliphatic heterocycles. The monoisotopic (exact) mass is 504 g/mol. The molecule has 1 aliphatic rings. The summed E-state index contributed by atoms with van der Waals surface area (Å²) in [5, 5.41) is 20.0. The van der Waals surface area contributed by atoms with Crippen molar-refractivity contribution in [3.05, 3.63) is 47.5 Å². The lowest BCUT2D eigenvalue weighted by Crippen LogP contribution is -2.37. The van der Waals surface area contributed by atoms with Gasteiger partial charge in [-0.25, -0.2) is 4.79 Å². The third-order valence-corrected chi connectivity index (χ3v) is 5.96. The lowest BCUT2D eigenvalue weighted by molar-refractivity contribution is -0.155. The van der Waals surface area contributed by atoms with Crippen LogP contribution in [0.25, 0.3) is 0 Å². The minimum absolute atomic E-state index is 0.00730. The molecule has 0 saturated carbocycles. The zero-order valence-corrected chi connectivity index (χ0v) is 20.9. The van der Waals surface area contributed by atoms with Crippen LogP contribution in [-0.2, 0) is 19.1 Å². The van der Waals surface area contributed by atoms with Crippen molar-refractivity contribution in [3.8, 4) is 11.8 Å². The molecule has 1 aromatic heterocycles. The normalized spacial score (nSPS) is 15.2. The van der Waals surface area contributed by atoms with Crippen LogP contribution in [0.15, 0.2) is 36.4 Å². The number of fused-ring (bicyclic) bond motifs is 1. The quantitative estimate of drug-likeness (QED) is 0.312. The largest absolute Gasteiger partial charge is 0.492 e. The number of benzene rings is 1. The van der Waals surface area contributed by atoms with Crippen LogP contribution in [0.4, 0.5) is 0 Å². The van der Waals surface area contributed by atoms with Gasteiger partial charge in [-0.3, -0.25) is 14.4 Å². The van der Waals surface area contributed by atoms with E-state index < -0.39 is 40.7 Å². The van der Waals surface area contributed by atoms with Crippen LogP contribution in [0.1, 0.15) is 67.7 Å². The number of hydrogen-bond acceptors (Lipinski definition) is 9. The molecule has 2 heterocycles. The van der Waals surface area contributed by atoms with E-state index in [1.165, 1.54) is 12.1 Å². The van der Waals surface area contributed by atoms with Gasteiger partial charge in [-0.15, -0.1) is 9.79 Å². The second-order valence-electron chi connectivity index (χ2n) is 9.28. The number of rotatable bonds is 13. The highest BCUT2D eigenvalue weighted by molar-refractivity contribution is 6.20. The summed E-state index contributed by atoms with van der Waals surface area (Å²) in [4.78, 5) is 47.3. The highest BCUT2D eigenvalue weighted by Crippen LogP contribution is 2.25. The van der Waals surface area contributed by atoms with E-state index in [9.17, 15) is 24.6 Å². The number of amides is 2. The Labute approximate surface area is 209 Å². The molecule has 1 aromatic carbocycles. The molecule has 2 aromatic rings. The van der Waals surface area contributed by atoms with Crippen molar-refractivity contribution in [2.75, 3.05) is 19.8 Å².